The lowest BCUT2D eigenvalue weighted by Crippen LogP contribution is -2.20. The van der Waals surface area contributed by atoms with Crippen molar-refractivity contribution in [3.8, 4) is 11.9 Å². The molecule has 0 amide bonds. The molecule has 0 spiro atoms. The number of nitrogens with zero attached hydrogens (tertiary/aromatic N) is 3. The minimum atomic E-state index is -0.605. The molecule has 0 bridgehead atoms. The fourth-order valence-electron chi connectivity index (χ4n) is 2.48. The molecule has 9 heteroatoms. The van der Waals surface area contributed by atoms with Gasteiger partial charge in [0.2, 0.25) is 11.8 Å². The van der Waals surface area contributed by atoms with Crippen LogP contribution in [0.5, 0.6) is 5.88 Å². The molecule has 0 aliphatic carbocycles. The van der Waals surface area contributed by atoms with Crippen molar-refractivity contribution in [2.24, 2.45) is 0 Å². The highest BCUT2D eigenvalue weighted by Crippen LogP contribution is 2.24. The first-order valence-corrected chi connectivity index (χ1v) is 7.90. The van der Waals surface area contributed by atoms with Crippen molar-refractivity contribution in [1.29, 1.82) is 5.26 Å². The Morgan fingerprint density at radius 3 is 2.88 bits per heavy atom. The molecular weight excluding hydrogens is 361 g/mol. The summed E-state index contributed by atoms with van der Waals surface area (Å²) in [5, 5.41) is 12.5. The molecule has 0 unspecified atom stereocenters. The van der Waals surface area contributed by atoms with Crippen molar-refractivity contribution in [1.82, 2.24) is 15.0 Å². The van der Waals surface area contributed by atoms with Crippen molar-refractivity contribution in [3.63, 3.8) is 0 Å². The number of H-pyrrole nitrogens is 1. The third-order valence-corrected chi connectivity index (χ3v) is 4.08. The predicted molar refractivity (Wildman–Crippen MR) is 94.9 cm³/mol. The van der Waals surface area contributed by atoms with Gasteiger partial charge in [0.05, 0.1) is 29.9 Å². The van der Waals surface area contributed by atoms with E-state index in [1.54, 1.807) is 13.0 Å². The van der Waals surface area contributed by atoms with Gasteiger partial charge in [-0.25, -0.2) is 9.37 Å². The highest BCUT2D eigenvalue weighted by Gasteiger charge is 2.15. The van der Waals surface area contributed by atoms with E-state index in [-0.39, 0.29) is 28.0 Å². The number of aromatic nitrogens is 3. The standard InChI is InChI=1S/C17H13ClFN5O2/c1-8(22-17-21-7-10(6-20)16(24-17)26-2)11-3-9-4-12(18)13(19)5-14(9)23-15(11)25/h3-5,7-8H,1-2H3,(H,23,25)(H,21,22,24)/t8-/m1/s1. The van der Waals surface area contributed by atoms with Crippen LogP contribution in [-0.2, 0) is 0 Å². The third-order valence-electron chi connectivity index (χ3n) is 3.79. The minimum absolute atomic E-state index is 0.0312. The summed E-state index contributed by atoms with van der Waals surface area (Å²) in [7, 11) is 1.40. The van der Waals surface area contributed by atoms with Crippen LogP contribution in [0.2, 0.25) is 5.02 Å². The lowest BCUT2D eigenvalue weighted by molar-refractivity contribution is 0.396. The van der Waals surface area contributed by atoms with Crippen LogP contribution in [0.15, 0.2) is 29.2 Å². The number of hydrogen-bond acceptors (Lipinski definition) is 6. The number of nitrogens with one attached hydrogen (secondary N) is 2. The van der Waals surface area contributed by atoms with Gasteiger partial charge in [-0.3, -0.25) is 4.79 Å². The SMILES string of the molecule is COc1nc(N[C@H](C)c2cc3cc(Cl)c(F)cc3[nH]c2=O)ncc1C#N. The van der Waals surface area contributed by atoms with Gasteiger partial charge in [-0.05, 0) is 25.1 Å². The molecule has 0 fully saturated rings. The van der Waals surface area contributed by atoms with E-state index >= 15 is 0 Å². The van der Waals surface area contributed by atoms with Gasteiger partial charge >= 0.3 is 0 Å². The highest BCUT2D eigenvalue weighted by molar-refractivity contribution is 6.31. The maximum absolute atomic E-state index is 13.5. The fourth-order valence-corrected chi connectivity index (χ4v) is 2.65. The number of fused-ring (bicyclic) bond motifs is 1. The van der Waals surface area contributed by atoms with Gasteiger partial charge in [0, 0.05) is 10.9 Å². The van der Waals surface area contributed by atoms with Gasteiger partial charge in [0.25, 0.3) is 5.56 Å². The third kappa shape index (κ3) is 3.30. The van der Waals surface area contributed by atoms with Crippen molar-refractivity contribution in [3.05, 3.63) is 56.7 Å². The number of anilines is 1. The number of hydrogen-bond donors (Lipinski definition) is 2. The van der Waals surface area contributed by atoms with E-state index in [9.17, 15) is 9.18 Å². The molecule has 0 aliphatic rings. The number of nitriles is 1. The molecule has 2 N–H and O–H groups in total. The van der Waals surface area contributed by atoms with E-state index < -0.39 is 11.9 Å². The van der Waals surface area contributed by atoms with E-state index in [0.29, 0.717) is 16.5 Å². The van der Waals surface area contributed by atoms with Crippen LogP contribution in [0, 0.1) is 17.1 Å². The number of benzene rings is 1. The van der Waals surface area contributed by atoms with Crippen molar-refractivity contribution >= 4 is 28.5 Å². The zero-order chi connectivity index (χ0) is 18.8. The molecule has 0 aliphatic heterocycles. The Labute approximate surface area is 152 Å². The second-order valence-corrected chi connectivity index (χ2v) is 5.91. The number of ether oxygens (including phenoxy) is 1. The zero-order valence-corrected chi connectivity index (χ0v) is 14.6. The summed E-state index contributed by atoms with van der Waals surface area (Å²) in [5.41, 5.74) is 0.571. The summed E-state index contributed by atoms with van der Waals surface area (Å²) >= 11 is 5.81. The van der Waals surface area contributed by atoms with Crippen molar-refractivity contribution < 1.29 is 9.13 Å². The Bertz CT molecular complexity index is 1090. The van der Waals surface area contributed by atoms with Crippen LogP contribution in [-0.4, -0.2) is 22.1 Å². The number of rotatable bonds is 4. The number of pyridine rings is 1. The molecular formula is C17H13ClFN5O2. The minimum Gasteiger partial charge on any atom is -0.480 e. The average Bonchev–Trinajstić information content (AvgIpc) is 2.62. The maximum Gasteiger partial charge on any atom is 0.253 e. The Hall–Kier alpha value is -3.18. The largest absolute Gasteiger partial charge is 0.480 e. The van der Waals surface area contributed by atoms with Gasteiger partial charge in [-0.2, -0.15) is 10.2 Å². The van der Waals surface area contributed by atoms with Crippen LogP contribution in [0.25, 0.3) is 10.9 Å². The van der Waals surface area contributed by atoms with Crippen molar-refractivity contribution in [2.75, 3.05) is 12.4 Å². The molecule has 0 saturated carbocycles. The van der Waals surface area contributed by atoms with Crippen LogP contribution < -0.4 is 15.6 Å². The van der Waals surface area contributed by atoms with Crippen LogP contribution in [0.4, 0.5) is 10.3 Å². The van der Waals surface area contributed by atoms with Crippen molar-refractivity contribution in [2.45, 2.75) is 13.0 Å². The molecule has 7 nitrogen and oxygen atoms in total. The molecule has 0 radical (unpaired) electrons. The summed E-state index contributed by atoms with van der Waals surface area (Å²) in [6.45, 7) is 1.75. The van der Waals surface area contributed by atoms with E-state index in [1.165, 1.54) is 25.4 Å². The summed E-state index contributed by atoms with van der Waals surface area (Å²) in [6.07, 6.45) is 1.33. The van der Waals surface area contributed by atoms with Gasteiger partial charge in [-0.15, -0.1) is 0 Å². The Morgan fingerprint density at radius 2 is 2.19 bits per heavy atom. The van der Waals surface area contributed by atoms with E-state index in [1.807, 2.05) is 6.07 Å². The second-order valence-electron chi connectivity index (χ2n) is 5.50. The van der Waals surface area contributed by atoms with Gasteiger partial charge < -0.3 is 15.0 Å². The maximum atomic E-state index is 13.5. The first kappa shape index (κ1) is 17.6. The van der Waals surface area contributed by atoms with Crippen LogP contribution >= 0.6 is 11.6 Å². The highest BCUT2D eigenvalue weighted by atomic mass is 35.5. The van der Waals surface area contributed by atoms with Crippen LogP contribution in [0.3, 0.4) is 0 Å². The van der Waals surface area contributed by atoms with Gasteiger partial charge in [0.1, 0.15) is 17.4 Å². The Kier molecular flexibility index (Phi) is 4.73. The van der Waals surface area contributed by atoms with E-state index in [4.69, 9.17) is 21.6 Å². The van der Waals surface area contributed by atoms with Gasteiger partial charge in [-0.1, -0.05) is 11.6 Å². The lowest BCUT2D eigenvalue weighted by Gasteiger charge is -2.15. The average molecular weight is 374 g/mol. The number of methoxy groups -OCH3 is 1. The second kappa shape index (κ2) is 6.98. The summed E-state index contributed by atoms with van der Waals surface area (Å²) in [6, 6.07) is 5.70. The van der Waals surface area contributed by atoms with Crippen LogP contribution in [0.1, 0.15) is 24.1 Å². The quantitative estimate of drug-likeness (QED) is 0.728. The smallest absolute Gasteiger partial charge is 0.253 e. The molecule has 1 aromatic carbocycles. The molecule has 3 rings (SSSR count). The Morgan fingerprint density at radius 1 is 1.42 bits per heavy atom. The molecule has 26 heavy (non-hydrogen) atoms. The molecule has 2 aromatic heterocycles. The monoisotopic (exact) mass is 373 g/mol. The number of halogens is 2. The fraction of sp³-hybridized carbons (Fsp3) is 0.176. The Balaban J connectivity index is 1.96. The molecule has 132 valence electrons. The molecule has 3 aromatic rings. The number of aromatic amines is 1. The summed E-state index contributed by atoms with van der Waals surface area (Å²) < 4.78 is 18.6. The molecule has 2 heterocycles. The predicted octanol–water partition coefficient (Wildman–Crippen LogP) is 3.16. The first-order valence-electron chi connectivity index (χ1n) is 7.52. The lowest BCUT2D eigenvalue weighted by atomic mass is 10.1. The van der Waals surface area contributed by atoms with Gasteiger partial charge in [0.15, 0.2) is 0 Å². The molecule has 1 atom stereocenters. The zero-order valence-electron chi connectivity index (χ0n) is 13.8. The van der Waals surface area contributed by atoms with E-state index in [0.717, 1.165) is 0 Å². The van der Waals surface area contributed by atoms with E-state index in [2.05, 4.69) is 20.3 Å². The topological polar surface area (TPSA) is 104 Å². The molecule has 0 saturated heterocycles. The normalized spacial score (nSPS) is 11.8. The summed E-state index contributed by atoms with van der Waals surface area (Å²) in [5.74, 6) is -0.274. The first-order chi connectivity index (χ1) is 12.4. The summed E-state index contributed by atoms with van der Waals surface area (Å²) in [4.78, 5) is 23.1.